The van der Waals surface area contributed by atoms with Gasteiger partial charge in [-0.25, -0.2) is 4.79 Å². The van der Waals surface area contributed by atoms with Crippen LogP contribution in [0.2, 0.25) is 0 Å². The predicted molar refractivity (Wildman–Crippen MR) is 84.8 cm³/mol. The summed E-state index contributed by atoms with van der Waals surface area (Å²) in [7, 11) is 3.08. The minimum atomic E-state index is -0.888. The Morgan fingerprint density at radius 3 is 2.87 bits per heavy atom. The van der Waals surface area contributed by atoms with E-state index in [1.165, 1.54) is 7.11 Å². The fraction of sp³-hybridized carbons (Fsp3) is 0.562. The lowest BCUT2D eigenvalue weighted by Crippen LogP contribution is -2.40. The van der Waals surface area contributed by atoms with E-state index in [1.807, 2.05) is 0 Å². The molecule has 0 spiro atoms. The average molecular weight is 324 g/mol. The minimum Gasteiger partial charge on any atom is -0.497 e. The lowest BCUT2D eigenvalue weighted by molar-refractivity contribution is 0.168. The van der Waals surface area contributed by atoms with Crippen molar-refractivity contribution >= 4 is 6.03 Å². The molecule has 0 aromatic heterocycles. The Morgan fingerprint density at radius 2 is 2.22 bits per heavy atom. The molecule has 7 heteroatoms. The highest BCUT2D eigenvalue weighted by molar-refractivity contribution is 5.73. The SMILES string of the molecule is COc1ccc(OC)c([C@@H](O)CNC(=O)NC[C@@H]2CCOC2)c1. The summed E-state index contributed by atoms with van der Waals surface area (Å²) in [6.45, 7) is 2.09. The minimum absolute atomic E-state index is 0.0799. The van der Waals surface area contributed by atoms with Gasteiger partial charge in [-0.2, -0.15) is 0 Å². The molecular weight excluding hydrogens is 300 g/mol. The maximum Gasteiger partial charge on any atom is 0.314 e. The summed E-state index contributed by atoms with van der Waals surface area (Å²) in [5, 5.41) is 15.7. The lowest BCUT2D eigenvalue weighted by Gasteiger charge is -2.17. The first-order valence-corrected chi connectivity index (χ1v) is 7.63. The Morgan fingerprint density at radius 1 is 1.39 bits per heavy atom. The number of rotatable bonds is 7. The average Bonchev–Trinajstić information content (AvgIpc) is 3.10. The van der Waals surface area contributed by atoms with Crippen molar-refractivity contribution in [1.82, 2.24) is 10.6 Å². The van der Waals surface area contributed by atoms with Gasteiger partial charge in [0.15, 0.2) is 0 Å². The molecule has 1 fully saturated rings. The van der Waals surface area contributed by atoms with Crippen LogP contribution in [0.4, 0.5) is 4.79 Å². The van der Waals surface area contributed by atoms with Crippen molar-refractivity contribution in [3.8, 4) is 11.5 Å². The van der Waals surface area contributed by atoms with Crippen LogP contribution in [-0.2, 0) is 4.74 Å². The first kappa shape index (κ1) is 17.4. The van der Waals surface area contributed by atoms with Crippen LogP contribution in [0.1, 0.15) is 18.1 Å². The van der Waals surface area contributed by atoms with Crippen LogP contribution in [0, 0.1) is 5.92 Å². The molecule has 2 amide bonds. The van der Waals surface area contributed by atoms with E-state index in [-0.39, 0.29) is 12.6 Å². The summed E-state index contributed by atoms with van der Waals surface area (Å²) in [4.78, 5) is 11.8. The number of urea groups is 1. The van der Waals surface area contributed by atoms with Gasteiger partial charge in [0.2, 0.25) is 0 Å². The van der Waals surface area contributed by atoms with Gasteiger partial charge in [0.05, 0.1) is 20.8 Å². The first-order chi connectivity index (χ1) is 11.1. The fourth-order valence-electron chi connectivity index (χ4n) is 2.44. The predicted octanol–water partition coefficient (Wildman–Crippen LogP) is 1.07. The van der Waals surface area contributed by atoms with Crippen molar-refractivity contribution in [3.05, 3.63) is 23.8 Å². The number of carbonyl (C=O) groups excluding carboxylic acids is 1. The highest BCUT2D eigenvalue weighted by atomic mass is 16.5. The molecule has 2 rings (SSSR count). The van der Waals surface area contributed by atoms with Gasteiger partial charge in [0, 0.05) is 31.2 Å². The van der Waals surface area contributed by atoms with E-state index in [4.69, 9.17) is 14.2 Å². The normalized spacial score (nSPS) is 18.3. The van der Waals surface area contributed by atoms with Gasteiger partial charge in [0.1, 0.15) is 17.6 Å². The summed E-state index contributed by atoms with van der Waals surface area (Å²) < 4.78 is 15.6. The Kier molecular flexibility index (Phi) is 6.49. The van der Waals surface area contributed by atoms with Gasteiger partial charge in [0.25, 0.3) is 0 Å². The van der Waals surface area contributed by atoms with Crippen molar-refractivity contribution in [1.29, 1.82) is 0 Å². The molecule has 1 saturated heterocycles. The highest BCUT2D eigenvalue weighted by Gasteiger charge is 2.18. The van der Waals surface area contributed by atoms with E-state index in [1.54, 1.807) is 25.3 Å². The molecule has 0 bridgehead atoms. The number of aliphatic hydroxyl groups excluding tert-OH is 1. The van der Waals surface area contributed by atoms with E-state index in [9.17, 15) is 9.90 Å². The third-order valence-corrected chi connectivity index (χ3v) is 3.83. The highest BCUT2D eigenvalue weighted by Crippen LogP contribution is 2.29. The van der Waals surface area contributed by atoms with Gasteiger partial charge in [-0.1, -0.05) is 0 Å². The van der Waals surface area contributed by atoms with Crippen molar-refractivity contribution in [2.75, 3.05) is 40.5 Å². The number of aliphatic hydroxyl groups is 1. The number of methoxy groups -OCH3 is 2. The van der Waals surface area contributed by atoms with Crippen LogP contribution in [0.3, 0.4) is 0 Å². The second-order valence-corrected chi connectivity index (χ2v) is 5.44. The zero-order valence-electron chi connectivity index (χ0n) is 13.5. The van der Waals surface area contributed by atoms with Gasteiger partial charge in [-0.15, -0.1) is 0 Å². The van der Waals surface area contributed by atoms with Gasteiger partial charge >= 0.3 is 6.03 Å². The molecule has 1 aliphatic heterocycles. The molecular formula is C16H24N2O5. The molecule has 1 aliphatic rings. The second-order valence-electron chi connectivity index (χ2n) is 5.44. The number of hydrogen-bond acceptors (Lipinski definition) is 5. The largest absolute Gasteiger partial charge is 0.497 e. The third-order valence-electron chi connectivity index (χ3n) is 3.83. The molecule has 7 nitrogen and oxygen atoms in total. The number of nitrogens with one attached hydrogen (secondary N) is 2. The van der Waals surface area contributed by atoms with E-state index in [2.05, 4.69) is 10.6 Å². The van der Waals surface area contributed by atoms with Crippen LogP contribution in [0.5, 0.6) is 11.5 Å². The molecule has 1 heterocycles. The Balaban J connectivity index is 1.83. The van der Waals surface area contributed by atoms with Gasteiger partial charge in [-0.3, -0.25) is 0 Å². The monoisotopic (exact) mass is 324 g/mol. The Hall–Kier alpha value is -1.99. The lowest BCUT2D eigenvalue weighted by atomic mass is 10.1. The number of benzene rings is 1. The molecule has 1 aromatic carbocycles. The summed E-state index contributed by atoms with van der Waals surface area (Å²) >= 11 is 0. The Labute approximate surface area is 135 Å². The zero-order chi connectivity index (χ0) is 16.7. The molecule has 3 N–H and O–H groups in total. The van der Waals surface area contributed by atoms with E-state index in [0.717, 1.165) is 13.0 Å². The maximum absolute atomic E-state index is 11.8. The molecule has 0 saturated carbocycles. The van der Waals surface area contributed by atoms with Crippen LogP contribution >= 0.6 is 0 Å². The molecule has 128 valence electrons. The smallest absolute Gasteiger partial charge is 0.314 e. The number of hydrogen-bond donors (Lipinski definition) is 3. The maximum atomic E-state index is 11.8. The number of amides is 2. The quantitative estimate of drug-likeness (QED) is 0.698. The molecule has 0 aliphatic carbocycles. The van der Waals surface area contributed by atoms with Gasteiger partial charge < -0.3 is 30.0 Å². The van der Waals surface area contributed by atoms with Crippen LogP contribution in [0.15, 0.2) is 18.2 Å². The fourth-order valence-corrected chi connectivity index (χ4v) is 2.44. The molecule has 23 heavy (non-hydrogen) atoms. The van der Waals surface area contributed by atoms with Crippen LogP contribution in [-0.4, -0.2) is 51.7 Å². The second kappa shape index (κ2) is 8.59. The zero-order valence-corrected chi connectivity index (χ0v) is 13.5. The summed E-state index contributed by atoms with van der Waals surface area (Å²) in [5.41, 5.74) is 0.566. The van der Waals surface area contributed by atoms with E-state index in [0.29, 0.717) is 36.1 Å². The Bertz CT molecular complexity index is 517. The topological polar surface area (TPSA) is 89.0 Å². The van der Waals surface area contributed by atoms with Crippen molar-refractivity contribution in [3.63, 3.8) is 0 Å². The van der Waals surface area contributed by atoms with Crippen LogP contribution in [0.25, 0.3) is 0 Å². The molecule has 0 radical (unpaired) electrons. The van der Waals surface area contributed by atoms with Crippen molar-refractivity contribution in [2.24, 2.45) is 5.92 Å². The third kappa shape index (κ3) is 5.01. The van der Waals surface area contributed by atoms with Crippen LogP contribution < -0.4 is 20.1 Å². The number of ether oxygens (including phenoxy) is 3. The van der Waals surface area contributed by atoms with E-state index >= 15 is 0 Å². The first-order valence-electron chi connectivity index (χ1n) is 7.63. The van der Waals surface area contributed by atoms with E-state index < -0.39 is 6.10 Å². The van der Waals surface area contributed by atoms with Gasteiger partial charge in [-0.05, 0) is 24.6 Å². The summed E-state index contributed by atoms with van der Waals surface area (Å²) in [6.07, 6.45) is 0.0739. The number of carbonyl (C=O) groups is 1. The van der Waals surface area contributed by atoms with Crippen molar-refractivity contribution < 1.29 is 24.1 Å². The molecule has 2 atom stereocenters. The summed E-state index contributed by atoms with van der Waals surface area (Å²) in [6, 6.07) is 4.85. The molecule has 1 aromatic rings. The standard InChI is InChI=1S/C16H24N2O5/c1-21-12-3-4-15(22-2)13(7-12)14(19)9-18-16(20)17-8-11-5-6-23-10-11/h3-4,7,11,14,19H,5-6,8-10H2,1-2H3,(H2,17,18,20)/t11-,14-/m0/s1. The molecule has 0 unspecified atom stereocenters. The summed E-state index contributed by atoms with van der Waals surface area (Å²) in [5.74, 6) is 1.53. The van der Waals surface area contributed by atoms with Crippen molar-refractivity contribution in [2.45, 2.75) is 12.5 Å².